The van der Waals surface area contributed by atoms with Crippen molar-refractivity contribution < 1.29 is 4.74 Å². The van der Waals surface area contributed by atoms with Gasteiger partial charge in [-0.1, -0.05) is 30.3 Å². The molecule has 1 heterocycles. The van der Waals surface area contributed by atoms with E-state index in [1.807, 2.05) is 54.6 Å². The Morgan fingerprint density at radius 1 is 0.952 bits per heavy atom. The highest BCUT2D eigenvalue weighted by Gasteiger charge is 2.07. The molecule has 0 aliphatic rings. The molecule has 0 spiro atoms. The molecule has 104 valence electrons. The normalized spacial score (nSPS) is 10.1. The second-order valence-corrected chi connectivity index (χ2v) is 5.11. The predicted molar refractivity (Wildman–Crippen MR) is 86.0 cm³/mol. The van der Waals surface area contributed by atoms with Gasteiger partial charge >= 0.3 is 0 Å². The Hall–Kier alpha value is -2.40. The fraction of sp³-hybridized carbons (Fsp3) is 0. The molecule has 0 amide bonds. The van der Waals surface area contributed by atoms with Crippen LogP contribution in [0.25, 0.3) is 0 Å². The number of benzene rings is 2. The largest absolute Gasteiger partial charge is 0.455 e. The minimum atomic E-state index is 0.689. The van der Waals surface area contributed by atoms with Crippen LogP contribution < -0.4 is 10.1 Å². The van der Waals surface area contributed by atoms with E-state index >= 15 is 0 Å². The Morgan fingerprint density at radius 3 is 2.52 bits per heavy atom. The highest BCUT2D eigenvalue weighted by Crippen LogP contribution is 2.32. The van der Waals surface area contributed by atoms with Crippen molar-refractivity contribution in [2.75, 3.05) is 5.32 Å². The Balaban J connectivity index is 1.88. The van der Waals surface area contributed by atoms with Crippen LogP contribution in [0.5, 0.6) is 11.5 Å². The predicted octanol–water partition coefficient (Wildman–Crippen LogP) is 4.78. The first kappa shape index (κ1) is 13.6. The van der Waals surface area contributed by atoms with Crippen LogP contribution in [0.15, 0.2) is 71.6 Å². The van der Waals surface area contributed by atoms with Gasteiger partial charge in [0.15, 0.2) is 5.75 Å². The van der Waals surface area contributed by atoms with Crippen LogP contribution in [0.1, 0.15) is 0 Å². The topological polar surface area (TPSA) is 47.0 Å². The molecule has 2 aromatic carbocycles. The van der Waals surface area contributed by atoms with Crippen LogP contribution in [0.3, 0.4) is 0 Å². The summed E-state index contributed by atoms with van der Waals surface area (Å²) in [7, 11) is 0. The van der Waals surface area contributed by atoms with Gasteiger partial charge in [-0.25, -0.2) is 9.97 Å². The van der Waals surface area contributed by atoms with Gasteiger partial charge in [-0.2, -0.15) is 0 Å². The summed E-state index contributed by atoms with van der Waals surface area (Å²) in [6.45, 7) is 0. The first-order valence-electron chi connectivity index (χ1n) is 6.37. The van der Waals surface area contributed by atoms with E-state index in [2.05, 4.69) is 31.2 Å². The van der Waals surface area contributed by atoms with Crippen molar-refractivity contribution in [3.05, 3.63) is 71.6 Å². The van der Waals surface area contributed by atoms with Crippen LogP contribution in [-0.4, -0.2) is 9.97 Å². The third-order valence-electron chi connectivity index (χ3n) is 2.78. The van der Waals surface area contributed by atoms with E-state index in [1.54, 1.807) is 6.20 Å². The number of anilines is 2. The third kappa shape index (κ3) is 3.38. The van der Waals surface area contributed by atoms with Gasteiger partial charge in [-0.05, 0) is 40.2 Å². The van der Waals surface area contributed by atoms with Gasteiger partial charge in [0.1, 0.15) is 17.9 Å². The van der Waals surface area contributed by atoms with Crippen LogP contribution >= 0.6 is 15.9 Å². The molecule has 3 aromatic rings. The molecule has 0 aliphatic heterocycles. The van der Waals surface area contributed by atoms with E-state index in [-0.39, 0.29) is 0 Å². The van der Waals surface area contributed by atoms with Gasteiger partial charge in [0.2, 0.25) is 0 Å². The van der Waals surface area contributed by atoms with Gasteiger partial charge in [0.05, 0.1) is 10.2 Å². The molecule has 0 radical (unpaired) electrons. The Kier molecular flexibility index (Phi) is 4.12. The molecule has 0 bridgehead atoms. The number of aromatic nitrogens is 2. The van der Waals surface area contributed by atoms with E-state index in [0.717, 1.165) is 21.7 Å². The van der Waals surface area contributed by atoms with Crippen LogP contribution in [-0.2, 0) is 0 Å². The van der Waals surface area contributed by atoms with Gasteiger partial charge in [-0.3, -0.25) is 0 Å². The molecular weight excluding hydrogens is 330 g/mol. The third-order valence-corrected chi connectivity index (χ3v) is 3.36. The first-order valence-corrected chi connectivity index (χ1v) is 7.17. The summed E-state index contributed by atoms with van der Waals surface area (Å²) in [5.41, 5.74) is 0.834. The van der Waals surface area contributed by atoms with Crippen LogP contribution in [0.2, 0.25) is 0 Å². The number of nitrogens with zero attached hydrogens (tertiary/aromatic N) is 2. The highest BCUT2D eigenvalue weighted by atomic mass is 79.9. The van der Waals surface area contributed by atoms with E-state index in [9.17, 15) is 0 Å². The number of ether oxygens (including phenoxy) is 1. The van der Waals surface area contributed by atoms with E-state index < -0.39 is 0 Å². The van der Waals surface area contributed by atoms with E-state index in [1.165, 1.54) is 6.33 Å². The summed E-state index contributed by atoms with van der Waals surface area (Å²) in [5.74, 6) is 2.21. The Bertz CT molecular complexity index is 734. The molecule has 3 rings (SSSR count). The smallest absolute Gasteiger partial charge is 0.150 e. The fourth-order valence-electron chi connectivity index (χ4n) is 1.81. The quantitative estimate of drug-likeness (QED) is 0.742. The summed E-state index contributed by atoms with van der Waals surface area (Å²) in [5, 5.41) is 3.24. The number of para-hydroxylation sites is 3. The second-order valence-electron chi connectivity index (χ2n) is 4.26. The van der Waals surface area contributed by atoms with E-state index in [0.29, 0.717) is 5.82 Å². The summed E-state index contributed by atoms with van der Waals surface area (Å²) in [6, 6.07) is 17.4. The highest BCUT2D eigenvalue weighted by molar-refractivity contribution is 9.10. The van der Waals surface area contributed by atoms with Crippen LogP contribution in [0, 0.1) is 0 Å². The average Bonchev–Trinajstić information content (AvgIpc) is 2.52. The lowest BCUT2D eigenvalue weighted by molar-refractivity contribution is 0.485. The maximum absolute atomic E-state index is 5.90. The maximum atomic E-state index is 5.90. The lowest BCUT2D eigenvalue weighted by atomic mass is 10.3. The van der Waals surface area contributed by atoms with Crippen LogP contribution in [0.4, 0.5) is 11.5 Å². The molecular formula is C16H12BrN3O. The number of nitrogens with one attached hydrogen (secondary N) is 1. The maximum Gasteiger partial charge on any atom is 0.150 e. The zero-order valence-corrected chi connectivity index (χ0v) is 12.6. The molecule has 21 heavy (non-hydrogen) atoms. The van der Waals surface area contributed by atoms with Crippen molar-refractivity contribution in [3.63, 3.8) is 0 Å². The van der Waals surface area contributed by atoms with Gasteiger partial charge < -0.3 is 10.1 Å². The molecule has 0 unspecified atom stereocenters. The zero-order valence-electron chi connectivity index (χ0n) is 11.0. The minimum absolute atomic E-state index is 0.689. The van der Waals surface area contributed by atoms with Gasteiger partial charge in [0.25, 0.3) is 0 Å². The van der Waals surface area contributed by atoms with Crippen molar-refractivity contribution in [1.29, 1.82) is 0 Å². The van der Waals surface area contributed by atoms with Crippen molar-refractivity contribution in [2.45, 2.75) is 0 Å². The summed E-state index contributed by atoms with van der Waals surface area (Å²) in [4.78, 5) is 8.14. The van der Waals surface area contributed by atoms with Crippen molar-refractivity contribution in [1.82, 2.24) is 9.97 Å². The molecule has 0 atom stereocenters. The zero-order chi connectivity index (χ0) is 14.5. The number of hydrogen-bond acceptors (Lipinski definition) is 4. The molecule has 1 N–H and O–H groups in total. The molecule has 4 nitrogen and oxygen atoms in total. The lowest BCUT2D eigenvalue weighted by Gasteiger charge is -2.13. The van der Waals surface area contributed by atoms with E-state index in [4.69, 9.17) is 4.74 Å². The SMILES string of the molecule is Brc1cncnc1Nc1ccccc1Oc1ccccc1. The second kappa shape index (κ2) is 6.37. The summed E-state index contributed by atoms with van der Waals surface area (Å²) in [6.07, 6.45) is 3.18. The van der Waals surface area contributed by atoms with Crippen molar-refractivity contribution in [2.24, 2.45) is 0 Å². The lowest BCUT2D eigenvalue weighted by Crippen LogP contribution is -1.97. The molecule has 0 saturated carbocycles. The first-order chi connectivity index (χ1) is 10.3. The standard InChI is InChI=1S/C16H12BrN3O/c17-13-10-18-11-19-16(13)20-14-8-4-5-9-15(14)21-12-6-2-1-3-7-12/h1-11H,(H,18,19,20). The molecule has 0 fully saturated rings. The van der Waals surface area contributed by atoms with Gasteiger partial charge in [0, 0.05) is 6.20 Å². The summed E-state index contributed by atoms with van der Waals surface area (Å²) < 4.78 is 6.69. The molecule has 0 aliphatic carbocycles. The Morgan fingerprint density at radius 2 is 1.71 bits per heavy atom. The van der Waals surface area contributed by atoms with Crippen molar-refractivity contribution >= 4 is 27.4 Å². The molecule has 1 aromatic heterocycles. The molecule has 0 saturated heterocycles. The number of rotatable bonds is 4. The monoisotopic (exact) mass is 341 g/mol. The Labute approximate surface area is 131 Å². The average molecular weight is 342 g/mol. The summed E-state index contributed by atoms with van der Waals surface area (Å²) >= 11 is 3.42. The molecule has 5 heteroatoms. The minimum Gasteiger partial charge on any atom is -0.455 e. The van der Waals surface area contributed by atoms with Crippen molar-refractivity contribution in [3.8, 4) is 11.5 Å². The number of halogens is 1. The fourth-order valence-corrected chi connectivity index (χ4v) is 2.13. The van der Waals surface area contributed by atoms with Gasteiger partial charge in [-0.15, -0.1) is 0 Å². The number of hydrogen-bond donors (Lipinski definition) is 1.